The van der Waals surface area contributed by atoms with Gasteiger partial charge in [0.05, 0.1) is 8.22 Å². The van der Waals surface area contributed by atoms with Crippen LogP contribution in [-0.2, 0) is 0 Å². The molecule has 0 unspecified atom stereocenters. The van der Waals surface area contributed by atoms with Crippen molar-refractivity contribution in [1.29, 1.82) is 0 Å². The van der Waals surface area contributed by atoms with Gasteiger partial charge in [-0.3, -0.25) is 0 Å². The van der Waals surface area contributed by atoms with Gasteiger partial charge in [0.2, 0.25) is 0 Å². The highest BCUT2D eigenvalue weighted by molar-refractivity contribution is 6.25. The lowest BCUT2D eigenvalue weighted by molar-refractivity contribution is 0.674. The van der Waals surface area contributed by atoms with Crippen LogP contribution in [0, 0.1) is 0 Å². The fraction of sp³-hybridized carbons (Fsp3) is 0. The molecule has 0 aliphatic rings. The molecule has 49 heavy (non-hydrogen) atoms. The first kappa shape index (κ1) is 22.2. The highest BCUT2D eigenvalue weighted by atomic mass is 16.3. The first-order valence-corrected chi connectivity index (χ1v) is 16.4. The standard InChI is InChI=1S/C48H30O/c1-3-14-31(15-4-1)34-19-13-20-35(28-34)36-29-43-42-27-26-32-16-7-8-21-37(32)47(42)49-48(43)44(30-36)46-40-24-11-9-22-38(40)45(33-17-5-2-6-18-33)39-23-10-12-25-41(39)46/h1-30H/i7D,8D,16D,21D,26D,27D. The van der Waals surface area contributed by atoms with Crippen molar-refractivity contribution in [2.45, 2.75) is 0 Å². The summed E-state index contributed by atoms with van der Waals surface area (Å²) in [4.78, 5) is 0. The van der Waals surface area contributed by atoms with Gasteiger partial charge < -0.3 is 4.42 Å². The molecule has 0 spiro atoms. The predicted molar refractivity (Wildman–Crippen MR) is 208 cm³/mol. The van der Waals surface area contributed by atoms with Crippen LogP contribution in [0.25, 0.3) is 98.8 Å². The summed E-state index contributed by atoms with van der Waals surface area (Å²) < 4.78 is 59.9. The van der Waals surface area contributed by atoms with Crippen LogP contribution in [0.1, 0.15) is 8.22 Å². The molecule has 1 heterocycles. The van der Waals surface area contributed by atoms with Gasteiger partial charge in [-0.1, -0.05) is 158 Å². The quantitative estimate of drug-likeness (QED) is 0.177. The molecule has 0 N–H and O–H groups in total. The van der Waals surface area contributed by atoms with E-state index in [1.807, 2.05) is 48.5 Å². The Morgan fingerprint density at radius 1 is 0.347 bits per heavy atom. The minimum absolute atomic E-state index is 0.0250. The minimum Gasteiger partial charge on any atom is -0.455 e. The monoisotopic (exact) mass is 628 g/mol. The van der Waals surface area contributed by atoms with Crippen LogP contribution < -0.4 is 0 Å². The molecule has 0 bridgehead atoms. The fourth-order valence-electron chi connectivity index (χ4n) is 7.40. The van der Waals surface area contributed by atoms with Crippen LogP contribution in [0.2, 0.25) is 0 Å². The summed E-state index contributed by atoms with van der Waals surface area (Å²) in [5.41, 5.74) is 8.56. The third-order valence-electron chi connectivity index (χ3n) is 9.58. The van der Waals surface area contributed by atoms with Crippen LogP contribution in [-0.4, -0.2) is 0 Å². The van der Waals surface area contributed by atoms with Crippen LogP contribution in [0.3, 0.4) is 0 Å². The van der Waals surface area contributed by atoms with E-state index in [2.05, 4.69) is 97.1 Å². The second-order valence-electron chi connectivity index (χ2n) is 12.4. The largest absolute Gasteiger partial charge is 0.455 e. The Kier molecular flexibility index (Phi) is 5.02. The molecule has 0 fully saturated rings. The average Bonchev–Trinajstić information content (AvgIpc) is 3.62. The smallest absolute Gasteiger partial charge is 0.143 e. The second kappa shape index (κ2) is 11.1. The first-order chi connectivity index (χ1) is 26.8. The third-order valence-corrected chi connectivity index (χ3v) is 9.58. The van der Waals surface area contributed by atoms with Gasteiger partial charge in [0.25, 0.3) is 0 Å². The molecule has 0 saturated heterocycles. The zero-order chi connectivity index (χ0) is 37.5. The molecule has 10 rings (SSSR count). The van der Waals surface area contributed by atoms with E-state index in [9.17, 15) is 1.37 Å². The Morgan fingerprint density at radius 2 is 0.918 bits per heavy atom. The Morgan fingerprint density at radius 3 is 1.61 bits per heavy atom. The topological polar surface area (TPSA) is 13.1 Å². The molecule has 0 aliphatic heterocycles. The Bertz CT molecular complexity index is 3150. The number of fused-ring (bicyclic) bond motifs is 7. The number of benzene rings is 9. The lowest BCUT2D eigenvalue weighted by atomic mass is 9.84. The summed E-state index contributed by atoms with van der Waals surface area (Å²) in [6, 6.07) is 47.9. The van der Waals surface area contributed by atoms with Gasteiger partial charge in [-0.15, -0.1) is 0 Å². The van der Waals surface area contributed by atoms with Gasteiger partial charge >= 0.3 is 0 Å². The van der Waals surface area contributed by atoms with E-state index >= 15 is 0 Å². The van der Waals surface area contributed by atoms with Gasteiger partial charge in [-0.25, -0.2) is 0 Å². The molecule has 228 valence electrons. The van der Waals surface area contributed by atoms with Gasteiger partial charge in [-0.05, 0) is 84.6 Å². The second-order valence-corrected chi connectivity index (χ2v) is 12.4. The molecule has 0 aliphatic carbocycles. The van der Waals surface area contributed by atoms with E-state index in [-0.39, 0.29) is 40.5 Å². The first-order valence-electron chi connectivity index (χ1n) is 19.4. The maximum Gasteiger partial charge on any atom is 0.143 e. The minimum atomic E-state index is -0.446. The fourth-order valence-corrected chi connectivity index (χ4v) is 7.40. The number of furan rings is 1. The number of rotatable bonds is 4. The molecule has 0 atom stereocenters. The summed E-state index contributed by atoms with van der Waals surface area (Å²) in [5, 5.41) is 5.17. The normalized spacial score (nSPS) is 13.4. The molecular formula is C48H30O. The van der Waals surface area contributed by atoms with Gasteiger partial charge in [-0.2, -0.15) is 0 Å². The summed E-state index contributed by atoms with van der Waals surface area (Å²) in [7, 11) is 0. The zero-order valence-corrected chi connectivity index (χ0v) is 26.3. The summed E-state index contributed by atoms with van der Waals surface area (Å²) in [5.74, 6) is 0. The predicted octanol–water partition coefficient (Wildman–Crippen LogP) is 13.7. The molecule has 1 heteroatoms. The summed E-state index contributed by atoms with van der Waals surface area (Å²) >= 11 is 0. The summed E-state index contributed by atoms with van der Waals surface area (Å²) in [6.07, 6.45) is 0. The Labute approximate surface area is 292 Å². The van der Waals surface area contributed by atoms with Crippen molar-refractivity contribution < 1.29 is 12.6 Å². The van der Waals surface area contributed by atoms with Crippen molar-refractivity contribution in [3.05, 3.63) is 182 Å². The lowest BCUT2D eigenvalue weighted by Gasteiger charge is -2.18. The van der Waals surface area contributed by atoms with Gasteiger partial charge in [0, 0.05) is 27.3 Å². The Balaban J connectivity index is 1.40. The maximum absolute atomic E-state index is 9.34. The number of hydrogen-bond acceptors (Lipinski definition) is 1. The maximum atomic E-state index is 9.34. The third kappa shape index (κ3) is 4.40. The molecule has 9 aromatic carbocycles. The van der Waals surface area contributed by atoms with Crippen LogP contribution in [0.4, 0.5) is 0 Å². The van der Waals surface area contributed by atoms with E-state index in [0.717, 1.165) is 66.1 Å². The van der Waals surface area contributed by atoms with Crippen molar-refractivity contribution in [2.24, 2.45) is 0 Å². The molecule has 1 nitrogen and oxygen atoms in total. The van der Waals surface area contributed by atoms with E-state index in [0.29, 0.717) is 16.4 Å². The molecular weight excluding hydrogens is 593 g/mol. The molecule has 0 saturated carbocycles. The van der Waals surface area contributed by atoms with Crippen molar-refractivity contribution >= 4 is 54.3 Å². The van der Waals surface area contributed by atoms with Crippen LogP contribution >= 0.6 is 0 Å². The van der Waals surface area contributed by atoms with E-state index in [1.165, 1.54) is 0 Å². The van der Waals surface area contributed by atoms with Crippen molar-refractivity contribution in [1.82, 2.24) is 0 Å². The van der Waals surface area contributed by atoms with Gasteiger partial charge in [0.1, 0.15) is 11.2 Å². The SMILES string of the molecule is [2H]c1c([2H])c([2H])c2c(c1[2H])c([2H])c([2H])c1c3cc(-c4cccc(-c5ccccc5)c4)cc(-c4c5ccccc5c(-c5ccccc5)c5ccccc45)c3oc21. The number of hydrogen-bond donors (Lipinski definition) is 0. The average molecular weight is 629 g/mol. The molecule has 0 amide bonds. The van der Waals surface area contributed by atoms with Crippen LogP contribution in [0.15, 0.2) is 186 Å². The van der Waals surface area contributed by atoms with Crippen molar-refractivity contribution in [3.8, 4) is 44.5 Å². The van der Waals surface area contributed by atoms with Crippen molar-refractivity contribution in [2.75, 3.05) is 0 Å². The van der Waals surface area contributed by atoms with Crippen LogP contribution in [0.5, 0.6) is 0 Å². The van der Waals surface area contributed by atoms with E-state index in [1.54, 1.807) is 0 Å². The van der Waals surface area contributed by atoms with Crippen molar-refractivity contribution in [3.63, 3.8) is 0 Å². The molecule has 1 aromatic heterocycles. The molecule has 0 radical (unpaired) electrons. The summed E-state index contributed by atoms with van der Waals surface area (Å²) in [6.45, 7) is 0. The van der Waals surface area contributed by atoms with E-state index < -0.39 is 12.1 Å². The highest BCUT2D eigenvalue weighted by Gasteiger charge is 2.22. The van der Waals surface area contributed by atoms with Gasteiger partial charge in [0.15, 0.2) is 0 Å². The van der Waals surface area contributed by atoms with E-state index in [4.69, 9.17) is 11.3 Å². The Hall–Kier alpha value is -6.44. The zero-order valence-electron chi connectivity index (χ0n) is 32.3. The molecule has 10 aromatic rings. The highest BCUT2D eigenvalue weighted by Crippen LogP contribution is 2.48. The lowest BCUT2D eigenvalue weighted by Crippen LogP contribution is -1.92.